The van der Waals surface area contributed by atoms with E-state index in [1.54, 1.807) is 6.21 Å². The fourth-order valence-electron chi connectivity index (χ4n) is 5.64. The molecule has 2 bridgehead atoms. The molecule has 1 aliphatic heterocycles. The maximum atomic E-state index is 13.0. The van der Waals surface area contributed by atoms with Gasteiger partial charge in [-0.15, -0.1) is 0 Å². The van der Waals surface area contributed by atoms with Crippen molar-refractivity contribution in [3.05, 3.63) is 47.7 Å². The van der Waals surface area contributed by atoms with Crippen LogP contribution in [-0.2, 0) is 9.59 Å². The summed E-state index contributed by atoms with van der Waals surface area (Å²) in [6.45, 7) is 1.98. The maximum Gasteiger partial charge on any atom is 0.254 e. The van der Waals surface area contributed by atoms with Gasteiger partial charge in [-0.1, -0.05) is 30.4 Å². The first-order valence-electron chi connectivity index (χ1n) is 9.32. The SMILES string of the molecule is Cc1[nH]c2ccccc2c1/C=N\N1C(=O)[C@@H]2[C@@H]3C=C[C@H]([C@@H]4C[C@H]34)[C@@H]2C1=O. The Bertz CT molecular complexity index is 997. The molecular formula is C21H19N3O2. The number of aromatic nitrogens is 1. The smallest absolute Gasteiger partial charge is 0.254 e. The zero-order chi connectivity index (χ0) is 17.6. The molecular weight excluding hydrogens is 326 g/mol. The lowest BCUT2D eigenvalue weighted by atomic mass is 9.63. The van der Waals surface area contributed by atoms with Crippen molar-refractivity contribution in [2.24, 2.45) is 40.6 Å². The minimum absolute atomic E-state index is 0.113. The van der Waals surface area contributed by atoms with E-state index in [1.165, 1.54) is 6.42 Å². The van der Waals surface area contributed by atoms with Crippen LogP contribution in [0.4, 0.5) is 0 Å². The Labute approximate surface area is 150 Å². The average Bonchev–Trinajstić information content (AvgIpc) is 3.36. The molecule has 1 saturated heterocycles. The van der Waals surface area contributed by atoms with Crippen molar-refractivity contribution >= 4 is 28.9 Å². The van der Waals surface area contributed by atoms with E-state index in [9.17, 15) is 9.59 Å². The molecule has 5 nitrogen and oxygen atoms in total. The zero-order valence-electron chi connectivity index (χ0n) is 14.4. The van der Waals surface area contributed by atoms with Crippen molar-refractivity contribution in [3.63, 3.8) is 0 Å². The maximum absolute atomic E-state index is 13.0. The quantitative estimate of drug-likeness (QED) is 0.517. The normalized spacial score (nSPS) is 37.0. The highest BCUT2D eigenvalue weighted by Crippen LogP contribution is 2.65. The van der Waals surface area contributed by atoms with Crippen LogP contribution in [0.1, 0.15) is 17.7 Å². The van der Waals surface area contributed by atoms with Crippen LogP contribution in [0, 0.1) is 42.4 Å². The van der Waals surface area contributed by atoms with Gasteiger partial charge in [-0.05, 0) is 43.1 Å². The van der Waals surface area contributed by atoms with E-state index < -0.39 is 0 Å². The van der Waals surface area contributed by atoms with Crippen LogP contribution in [0.5, 0.6) is 0 Å². The van der Waals surface area contributed by atoms with Gasteiger partial charge in [0.15, 0.2) is 0 Å². The van der Waals surface area contributed by atoms with Gasteiger partial charge in [0.2, 0.25) is 0 Å². The van der Waals surface area contributed by atoms with Crippen molar-refractivity contribution in [2.45, 2.75) is 13.3 Å². The third-order valence-corrected chi connectivity index (χ3v) is 6.89. The van der Waals surface area contributed by atoms with E-state index in [-0.39, 0.29) is 35.5 Å². The van der Waals surface area contributed by atoms with Crippen molar-refractivity contribution in [2.75, 3.05) is 0 Å². The molecule has 26 heavy (non-hydrogen) atoms. The van der Waals surface area contributed by atoms with Gasteiger partial charge in [-0.25, -0.2) is 0 Å². The number of aromatic amines is 1. The van der Waals surface area contributed by atoms with Crippen LogP contribution in [0.15, 0.2) is 41.5 Å². The van der Waals surface area contributed by atoms with Gasteiger partial charge >= 0.3 is 0 Å². The second-order valence-electron chi connectivity index (χ2n) is 8.10. The Kier molecular flexibility index (Phi) is 2.63. The monoisotopic (exact) mass is 345 g/mol. The fourth-order valence-corrected chi connectivity index (χ4v) is 5.64. The van der Waals surface area contributed by atoms with Crippen molar-refractivity contribution in [1.29, 1.82) is 0 Å². The number of hydrogen-bond donors (Lipinski definition) is 1. The largest absolute Gasteiger partial charge is 0.358 e. The Morgan fingerprint density at radius 1 is 1.08 bits per heavy atom. The molecule has 2 amide bonds. The number of nitrogens with one attached hydrogen (secondary N) is 1. The molecule has 2 heterocycles. The molecule has 6 atom stereocenters. The fraction of sp³-hybridized carbons (Fsp3) is 0.381. The molecule has 3 fully saturated rings. The molecule has 4 aliphatic carbocycles. The lowest BCUT2D eigenvalue weighted by molar-refractivity contribution is -0.140. The summed E-state index contributed by atoms with van der Waals surface area (Å²) in [5, 5.41) is 6.56. The van der Waals surface area contributed by atoms with Gasteiger partial charge in [-0.2, -0.15) is 10.1 Å². The highest BCUT2D eigenvalue weighted by atomic mass is 16.2. The van der Waals surface area contributed by atoms with Crippen LogP contribution < -0.4 is 0 Å². The average molecular weight is 345 g/mol. The lowest BCUT2D eigenvalue weighted by Crippen LogP contribution is -2.40. The number of para-hydroxylation sites is 1. The number of aryl methyl sites for hydroxylation is 1. The summed E-state index contributed by atoms with van der Waals surface area (Å²) in [6, 6.07) is 7.98. The predicted molar refractivity (Wildman–Crippen MR) is 97.2 cm³/mol. The Morgan fingerprint density at radius 3 is 2.42 bits per heavy atom. The minimum atomic E-state index is -0.192. The second kappa shape index (κ2) is 4.72. The Balaban J connectivity index is 1.36. The van der Waals surface area contributed by atoms with Crippen molar-refractivity contribution in [3.8, 4) is 0 Å². The van der Waals surface area contributed by atoms with E-state index in [1.807, 2.05) is 31.2 Å². The van der Waals surface area contributed by atoms with E-state index in [4.69, 9.17) is 0 Å². The number of benzene rings is 1. The highest BCUT2D eigenvalue weighted by Gasteiger charge is 2.67. The van der Waals surface area contributed by atoms with Gasteiger partial charge < -0.3 is 4.98 Å². The summed E-state index contributed by atoms with van der Waals surface area (Å²) in [7, 11) is 0. The van der Waals surface area contributed by atoms with Crippen LogP contribution in [0.25, 0.3) is 10.9 Å². The topological polar surface area (TPSA) is 65.5 Å². The van der Waals surface area contributed by atoms with Gasteiger partial charge in [0.25, 0.3) is 11.8 Å². The van der Waals surface area contributed by atoms with Crippen LogP contribution in [0.3, 0.4) is 0 Å². The van der Waals surface area contributed by atoms with Gasteiger partial charge in [-0.3, -0.25) is 9.59 Å². The second-order valence-corrected chi connectivity index (χ2v) is 8.10. The molecule has 0 radical (unpaired) electrons. The molecule has 2 aromatic rings. The summed E-state index contributed by atoms with van der Waals surface area (Å²) >= 11 is 0. The summed E-state index contributed by atoms with van der Waals surface area (Å²) in [4.78, 5) is 29.2. The molecule has 1 N–H and O–H groups in total. The summed E-state index contributed by atoms with van der Waals surface area (Å²) in [5.41, 5.74) is 2.94. The Hall–Kier alpha value is -2.69. The van der Waals surface area contributed by atoms with Crippen LogP contribution >= 0.6 is 0 Å². The number of allylic oxidation sites excluding steroid dienone is 2. The van der Waals surface area contributed by atoms with E-state index in [2.05, 4.69) is 22.2 Å². The van der Waals surface area contributed by atoms with Crippen molar-refractivity contribution in [1.82, 2.24) is 9.99 Å². The highest BCUT2D eigenvalue weighted by molar-refractivity contribution is 6.07. The molecule has 7 rings (SSSR count). The Morgan fingerprint density at radius 2 is 1.73 bits per heavy atom. The number of fused-ring (bicyclic) bond motifs is 1. The first-order chi connectivity index (χ1) is 12.6. The summed E-state index contributed by atoms with van der Waals surface area (Å²) in [5.74, 6) is 1.09. The molecule has 5 heteroatoms. The number of carbonyl (C=O) groups excluding carboxylic acids is 2. The number of amides is 2. The number of H-pyrrole nitrogens is 1. The summed E-state index contributed by atoms with van der Waals surface area (Å²) < 4.78 is 0. The number of nitrogens with zero attached hydrogens (tertiary/aromatic N) is 2. The summed E-state index contributed by atoms with van der Waals surface area (Å²) in [6.07, 6.45) is 7.20. The molecule has 0 spiro atoms. The third kappa shape index (κ3) is 1.68. The molecule has 130 valence electrons. The number of hydrogen-bond acceptors (Lipinski definition) is 3. The third-order valence-electron chi connectivity index (χ3n) is 6.89. The van der Waals surface area contributed by atoms with Crippen LogP contribution in [0.2, 0.25) is 0 Å². The van der Waals surface area contributed by atoms with Crippen molar-refractivity contribution < 1.29 is 9.59 Å². The van der Waals surface area contributed by atoms with Gasteiger partial charge in [0.05, 0.1) is 18.1 Å². The number of carbonyl (C=O) groups is 2. The standard InChI is InChI=1S/C21H19N3O2/c1-10-16(11-4-2-3-5-17(11)23-10)9-22-24-20(25)18-12-6-7-13(15-8-14(12)15)19(18)21(24)26/h2-7,9,12-15,18-19,23H,8H2,1H3/b22-9-/t12-,13-,14-,15+,18-,19+/m1/s1. The first-order valence-corrected chi connectivity index (χ1v) is 9.32. The van der Waals surface area contributed by atoms with Gasteiger partial charge in [0, 0.05) is 22.2 Å². The number of rotatable bonds is 2. The van der Waals surface area contributed by atoms with E-state index >= 15 is 0 Å². The predicted octanol–water partition coefficient (Wildman–Crippen LogP) is 2.86. The minimum Gasteiger partial charge on any atom is -0.358 e. The lowest BCUT2D eigenvalue weighted by Gasteiger charge is -2.37. The molecule has 5 aliphatic rings. The van der Waals surface area contributed by atoms with E-state index in [0.717, 1.165) is 27.2 Å². The van der Waals surface area contributed by atoms with Gasteiger partial charge in [0.1, 0.15) is 0 Å². The first kappa shape index (κ1) is 14.5. The zero-order valence-corrected chi connectivity index (χ0v) is 14.4. The molecule has 0 unspecified atom stereocenters. The molecule has 1 aromatic carbocycles. The molecule has 1 aromatic heterocycles. The number of imide groups is 1. The molecule has 2 saturated carbocycles. The van der Waals surface area contributed by atoms with E-state index in [0.29, 0.717) is 11.8 Å². The number of hydrazone groups is 1. The van der Waals surface area contributed by atoms with Crippen LogP contribution in [-0.4, -0.2) is 28.0 Å².